The van der Waals surface area contributed by atoms with E-state index in [9.17, 15) is 4.79 Å². The second-order valence-electron chi connectivity index (χ2n) is 5.47. The number of carbonyl (C=O) groups is 1. The first-order valence-corrected chi connectivity index (χ1v) is 8.69. The van der Waals surface area contributed by atoms with Crippen LogP contribution in [0.2, 0.25) is 0 Å². The van der Waals surface area contributed by atoms with Crippen LogP contribution in [0.25, 0.3) is 0 Å². The van der Waals surface area contributed by atoms with Gasteiger partial charge in [-0.3, -0.25) is 4.79 Å². The number of thioether (sulfide) groups is 1. The normalized spacial score (nSPS) is 19.8. The van der Waals surface area contributed by atoms with E-state index in [1.54, 1.807) is 6.92 Å². The summed E-state index contributed by atoms with van der Waals surface area (Å²) in [4.78, 5) is 10.6. The Bertz CT molecular complexity index is 244. The van der Waals surface area contributed by atoms with Crippen molar-refractivity contribution >= 4 is 17.7 Å². The summed E-state index contributed by atoms with van der Waals surface area (Å²) in [5.41, 5.74) is 0. The molecule has 0 spiro atoms. The zero-order valence-electron chi connectivity index (χ0n) is 12.5. The van der Waals surface area contributed by atoms with Crippen LogP contribution in [0.4, 0.5) is 0 Å². The Labute approximate surface area is 122 Å². The molecule has 112 valence electrons. The van der Waals surface area contributed by atoms with Gasteiger partial charge in [0.2, 0.25) is 5.91 Å². The molecule has 19 heavy (non-hydrogen) atoms. The van der Waals surface area contributed by atoms with Crippen LogP contribution in [0.5, 0.6) is 0 Å². The van der Waals surface area contributed by atoms with Crippen LogP contribution in [0.1, 0.15) is 52.4 Å². The van der Waals surface area contributed by atoms with E-state index in [0.29, 0.717) is 0 Å². The molecule has 3 nitrogen and oxygen atoms in total. The Morgan fingerprint density at radius 2 is 2.00 bits per heavy atom. The number of hydrogen-bond donors (Lipinski definition) is 1. The minimum absolute atomic E-state index is 0.0552. The van der Waals surface area contributed by atoms with Crippen LogP contribution in [0, 0.1) is 5.92 Å². The molecule has 0 aromatic rings. The van der Waals surface area contributed by atoms with Gasteiger partial charge in [-0.2, -0.15) is 11.8 Å². The van der Waals surface area contributed by atoms with Gasteiger partial charge < -0.3 is 10.1 Å². The van der Waals surface area contributed by atoms with Crippen LogP contribution in [-0.4, -0.2) is 36.7 Å². The molecule has 1 aliphatic rings. The maximum atomic E-state index is 10.6. The Morgan fingerprint density at radius 3 is 2.58 bits per heavy atom. The summed E-state index contributed by atoms with van der Waals surface area (Å²) in [5, 5.41) is 3.73. The average molecular weight is 287 g/mol. The van der Waals surface area contributed by atoms with Gasteiger partial charge in [0.1, 0.15) is 0 Å². The van der Waals surface area contributed by atoms with Crippen molar-refractivity contribution in [2.24, 2.45) is 5.92 Å². The van der Waals surface area contributed by atoms with Gasteiger partial charge in [0, 0.05) is 31.9 Å². The molecule has 2 unspecified atom stereocenters. The first-order chi connectivity index (χ1) is 9.20. The van der Waals surface area contributed by atoms with E-state index in [1.807, 2.05) is 0 Å². The maximum Gasteiger partial charge on any atom is 0.216 e. The van der Waals surface area contributed by atoms with Gasteiger partial charge in [-0.1, -0.05) is 13.3 Å². The first kappa shape index (κ1) is 16.8. The molecule has 1 N–H and O–H groups in total. The lowest BCUT2D eigenvalue weighted by Crippen LogP contribution is -2.23. The zero-order chi connectivity index (χ0) is 13.9. The molecule has 0 radical (unpaired) electrons. The third kappa shape index (κ3) is 8.53. The minimum Gasteiger partial charge on any atom is -0.381 e. The summed E-state index contributed by atoms with van der Waals surface area (Å²) in [7, 11) is 0. The van der Waals surface area contributed by atoms with Gasteiger partial charge >= 0.3 is 0 Å². The van der Waals surface area contributed by atoms with E-state index in [4.69, 9.17) is 4.74 Å². The van der Waals surface area contributed by atoms with Crippen molar-refractivity contribution in [1.82, 2.24) is 5.32 Å². The highest BCUT2D eigenvalue weighted by Gasteiger charge is 2.23. The van der Waals surface area contributed by atoms with Crippen molar-refractivity contribution in [3.8, 4) is 0 Å². The number of nitrogens with one attached hydrogen (secondary N) is 1. The summed E-state index contributed by atoms with van der Waals surface area (Å²) in [6.07, 6.45) is 7.31. The Morgan fingerprint density at radius 1 is 1.32 bits per heavy atom. The molecule has 0 saturated carbocycles. The van der Waals surface area contributed by atoms with Crippen LogP contribution < -0.4 is 5.32 Å². The van der Waals surface area contributed by atoms with E-state index in [-0.39, 0.29) is 5.91 Å². The van der Waals surface area contributed by atoms with E-state index >= 15 is 0 Å². The quantitative estimate of drug-likeness (QED) is 0.593. The first-order valence-electron chi connectivity index (χ1n) is 7.64. The molecular weight excluding hydrogens is 258 g/mol. The van der Waals surface area contributed by atoms with Gasteiger partial charge in [0.25, 0.3) is 0 Å². The van der Waals surface area contributed by atoms with E-state index < -0.39 is 0 Å². The van der Waals surface area contributed by atoms with Crippen molar-refractivity contribution in [2.45, 2.75) is 57.6 Å². The number of ether oxygens (including phenoxy) is 1. The van der Waals surface area contributed by atoms with Crippen molar-refractivity contribution in [3.05, 3.63) is 0 Å². The molecule has 0 aliphatic carbocycles. The molecule has 2 atom stereocenters. The molecule has 1 fully saturated rings. The van der Waals surface area contributed by atoms with Gasteiger partial charge in [0.05, 0.1) is 0 Å². The number of amides is 1. The fourth-order valence-electron chi connectivity index (χ4n) is 2.25. The summed E-state index contributed by atoms with van der Waals surface area (Å²) in [6, 6.07) is 0. The molecular formula is C15H29NO2S. The van der Waals surface area contributed by atoms with Crippen molar-refractivity contribution in [3.63, 3.8) is 0 Å². The molecule has 1 rings (SSSR count). The van der Waals surface area contributed by atoms with Gasteiger partial charge in [-0.05, 0) is 43.8 Å². The minimum atomic E-state index is 0.0552. The second kappa shape index (κ2) is 10.6. The summed E-state index contributed by atoms with van der Waals surface area (Å²) >= 11 is 2.13. The SMILES string of the molecule is CC(=O)NCCCCOCCCCC(C)C1CCS1. The predicted molar refractivity (Wildman–Crippen MR) is 82.6 cm³/mol. The van der Waals surface area contributed by atoms with Gasteiger partial charge in [-0.15, -0.1) is 0 Å². The molecule has 1 aliphatic heterocycles. The molecule has 0 aromatic heterocycles. The largest absolute Gasteiger partial charge is 0.381 e. The third-order valence-electron chi connectivity index (χ3n) is 3.66. The molecule has 0 bridgehead atoms. The van der Waals surface area contributed by atoms with Crippen LogP contribution in [0.15, 0.2) is 0 Å². The Hall–Kier alpha value is -0.220. The molecule has 1 heterocycles. The van der Waals surface area contributed by atoms with E-state index in [0.717, 1.165) is 43.8 Å². The zero-order valence-corrected chi connectivity index (χ0v) is 13.3. The van der Waals surface area contributed by atoms with Gasteiger partial charge in [-0.25, -0.2) is 0 Å². The van der Waals surface area contributed by atoms with Crippen molar-refractivity contribution < 1.29 is 9.53 Å². The highest BCUT2D eigenvalue weighted by molar-refractivity contribution is 8.01. The van der Waals surface area contributed by atoms with Crippen molar-refractivity contribution in [1.29, 1.82) is 0 Å². The van der Waals surface area contributed by atoms with E-state index in [1.165, 1.54) is 31.4 Å². The van der Waals surface area contributed by atoms with Crippen LogP contribution in [0.3, 0.4) is 0 Å². The summed E-state index contributed by atoms with van der Waals surface area (Å²) < 4.78 is 5.61. The lowest BCUT2D eigenvalue weighted by atomic mass is 9.98. The molecule has 1 saturated heterocycles. The Balaban J connectivity index is 1.74. The summed E-state index contributed by atoms with van der Waals surface area (Å²) in [6.45, 7) is 6.44. The topological polar surface area (TPSA) is 38.3 Å². The highest BCUT2D eigenvalue weighted by Crippen LogP contribution is 2.35. The number of carbonyl (C=O) groups excluding carboxylic acids is 1. The third-order valence-corrected chi connectivity index (χ3v) is 5.26. The average Bonchev–Trinajstić information content (AvgIpc) is 2.29. The molecule has 0 aromatic carbocycles. The summed E-state index contributed by atoms with van der Waals surface area (Å²) in [5.74, 6) is 2.31. The monoisotopic (exact) mass is 287 g/mol. The van der Waals surface area contributed by atoms with E-state index in [2.05, 4.69) is 24.0 Å². The highest BCUT2D eigenvalue weighted by atomic mass is 32.2. The smallest absolute Gasteiger partial charge is 0.216 e. The maximum absolute atomic E-state index is 10.6. The van der Waals surface area contributed by atoms with Gasteiger partial charge in [0.15, 0.2) is 0 Å². The molecule has 4 heteroatoms. The fourth-order valence-corrected chi connectivity index (χ4v) is 3.23. The number of hydrogen-bond acceptors (Lipinski definition) is 3. The van der Waals surface area contributed by atoms with Crippen molar-refractivity contribution in [2.75, 3.05) is 25.5 Å². The lowest BCUT2D eigenvalue weighted by molar-refractivity contribution is -0.118. The lowest BCUT2D eigenvalue weighted by Gasteiger charge is -2.30. The number of unbranched alkanes of at least 4 members (excludes halogenated alkanes) is 2. The standard InChI is InChI=1S/C15H29NO2S/c1-13(15-8-12-19-15)7-3-5-10-18-11-6-4-9-16-14(2)17/h13,15H,3-12H2,1-2H3,(H,16,17). The fraction of sp³-hybridized carbons (Fsp3) is 0.933. The van der Waals surface area contributed by atoms with Crippen LogP contribution >= 0.6 is 11.8 Å². The number of rotatable bonds is 11. The predicted octanol–water partition coefficient (Wildman–Crippen LogP) is 3.23. The second-order valence-corrected chi connectivity index (χ2v) is 6.82. The Kier molecular flexibility index (Phi) is 9.35. The van der Waals surface area contributed by atoms with Crippen LogP contribution in [-0.2, 0) is 9.53 Å². The molecule has 1 amide bonds.